The minimum atomic E-state index is -3.34. The molecule has 0 heterocycles. The van der Waals surface area contributed by atoms with Crippen LogP contribution < -0.4 is 10.0 Å². The van der Waals surface area contributed by atoms with Crippen molar-refractivity contribution in [1.29, 1.82) is 0 Å². The van der Waals surface area contributed by atoms with Crippen molar-refractivity contribution < 1.29 is 13.2 Å². The van der Waals surface area contributed by atoms with Gasteiger partial charge in [0.2, 0.25) is 10.0 Å². The first kappa shape index (κ1) is 20.6. The van der Waals surface area contributed by atoms with E-state index in [-0.39, 0.29) is 5.91 Å². The van der Waals surface area contributed by atoms with Crippen molar-refractivity contribution in [2.24, 2.45) is 0 Å². The second-order valence-corrected chi connectivity index (χ2v) is 9.06. The van der Waals surface area contributed by atoms with Gasteiger partial charge in [-0.3, -0.25) is 9.52 Å². The standard InChI is InChI=1S/C18H21ClN2O3S2/c1-13-11-14(7-8-17(13)21-26(2,23)24)18(22)20-9-10-25-12-15-5-3-4-6-16(15)19/h3-8,11,21H,9-10,12H2,1-2H3,(H,20,22). The molecule has 26 heavy (non-hydrogen) atoms. The van der Waals surface area contributed by atoms with Gasteiger partial charge in [0.1, 0.15) is 0 Å². The van der Waals surface area contributed by atoms with Crippen LogP contribution in [0.4, 0.5) is 5.69 Å². The number of anilines is 1. The van der Waals surface area contributed by atoms with E-state index in [1.165, 1.54) is 0 Å². The lowest BCUT2D eigenvalue weighted by Crippen LogP contribution is -2.26. The number of amides is 1. The lowest BCUT2D eigenvalue weighted by Gasteiger charge is -2.10. The number of hydrogen-bond donors (Lipinski definition) is 2. The largest absolute Gasteiger partial charge is 0.351 e. The highest BCUT2D eigenvalue weighted by Crippen LogP contribution is 2.20. The molecule has 0 fully saturated rings. The molecule has 0 aliphatic rings. The van der Waals surface area contributed by atoms with E-state index in [1.807, 2.05) is 24.3 Å². The molecule has 0 saturated carbocycles. The maximum absolute atomic E-state index is 12.2. The summed E-state index contributed by atoms with van der Waals surface area (Å²) in [5.74, 6) is 1.38. The van der Waals surface area contributed by atoms with Crippen LogP contribution in [0.15, 0.2) is 42.5 Å². The van der Waals surface area contributed by atoms with Crippen LogP contribution in [-0.4, -0.2) is 32.9 Å². The van der Waals surface area contributed by atoms with Gasteiger partial charge in [-0.25, -0.2) is 8.42 Å². The van der Waals surface area contributed by atoms with E-state index in [0.717, 1.165) is 28.3 Å². The fourth-order valence-electron chi connectivity index (χ4n) is 2.26. The zero-order valence-corrected chi connectivity index (χ0v) is 17.0. The normalized spacial score (nSPS) is 11.2. The van der Waals surface area contributed by atoms with Crippen LogP contribution >= 0.6 is 23.4 Å². The van der Waals surface area contributed by atoms with Gasteiger partial charge in [0.05, 0.1) is 11.9 Å². The molecule has 2 aromatic carbocycles. The van der Waals surface area contributed by atoms with Crippen LogP contribution in [0.2, 0.25) is 5.02 Å². The second-order valence-electron chi connectivity index (χ2n) is 5.80. The van der Waals surface area contributed by atoms with Crippen LogP contribution in [0.1, 0.15) is 21.5 Å². The van der Waals surface area contributed by atoms with Gasteiger partial charge in [-0.15, -0.1) is 0 Å². The van der Waals surface area contributed by atoms with Gasteiger partial charge in [0, 0.05) is 28.6 Å². The van der Waals surface area contributed by atoms with E-state index in [9.17, 15) is 13.2 Å². The van der Waals surface area contributed by atoms with Crippen LogP contribution in [0, 0.1) is 6.92 Å². The molecule has 0 aromatic heterocycles. The Bertz CT molecular complexity index is 886. The van der Waals surface area contributed by atoms with E-state index in [4.69, 9.17) is 11.6 Å². The molecule has 8 heteroatoms. The lowest BCUT2D eigenvalue weighted by atomic mass is 10.1. The van der Waals surface area contributed by atoms with Gasteiger partial charge in [-0.2, -0.15) is 11.8 Å². The molecule has 0 radical (unpaired) electrons. The summed E-state index contributed by atoms with van der Waals surface area (Å²) >= 11 is 7.80. The Morgan fingerprint density at radius 1 is 1.19 bits per heavy atom. The molecule has 0 bridgehead atoms. The fraction of sp³-hybridized carbons (Fsp3) is 0.278. The van der Waals surface area contributed by atoms with Gasteiger partial charge in [0.25, 0.3) is 5.91 Å². The predicted molar refractivity (Wildman–Crippen MR) is 110 cm³/mol. The summed E-state index contributed by atoms with van der Waals surface area (Å²) in [6.07, 6.45) is 1.09. The molecule has 0 atom stereocenters. The first-order valence-electron chi connectivity index (χ1n) is 7.94. The fourth-order valence-corrected chi connectivity index (χ4v) is 4.03. The Hall–Kier alpha value is -1.70. The van der Waals surface area contributed by atoms with E-state index in [1.54, 1.807) is 36.9 Å². The van der Waals surface area contributed by atoms with Crippen molar-refractivity contribution in [3.63, 3.8) is 0 Å². The smallest absolute Gasteiger partial charge is 0.251 e. The Morgan fingerprint density at radius 2 is 1.92 bits per heavy atom. The number of rotatable bonds is 8. The van der Waals surface area contributed by atoms with Crippen LogP contribution in [0.3, 0.4) is 0 Å². The number of halogens is 1. The molecule has 140 valence electrons. The highest BCUT2D eigenvalue weighted by Gasteiger charge is 2.10. The van der Waals surface area contributed by atoms with Crippen molar-refractivity contribution in [1.82, 2.24) is 5.32 Å². The molecule has 0 saturated heterocycles. The quantitative estimate of drug-likeness (QED) is 0.648. The van der Waals surface area contributed by atoms with E-state index >= 15 is 0 Å². The van der Waals surface area contributed by atoms with Crippen molar-refractivity contribution in [3.05, 3.63) is 64.2 Å². The topological polar surface area (TPSA) is 75.3 Å². The third-order valence-electron chi connectivity index (χ3n) is 3.53. The maximum Gasteiger partial charge on any atom is 0.251 e. The summed E-state index contributed by atoms with van der Waals surface area (Å²) in [5, 5.41) is 3.62. The van der Waals surface area contributed by atoms with Crippen molar-refractivity contribution in [3.8, 4) is 0 Å². The second kappa shape index (κ2) is 9.30. The number of hydrogen-bond acceptors (Lipinski definition) is 4. The van der Waals surface area contributed by atoms with Crippen molar-refractivity contribution in [2.75, 3.05) is 23.3 Å². The summed E-state index contributed by atoms with van der Waals surface area (Å²) in [6.45, 7) is 2.29. The number of sulfonamides is 1. The molecule has 0 aliphatic heterocycles. The number of thioether (sulfide) groups is 1. The average Bonchev–Trinajstić information content (AvgIpc) is 2.56. The van der Waals surface area contributed by atoms with Crippen LogP contribution in [0.25, 0.3) is 0 Å². The Balaban J connectivity index is 1.81. The summed E-state index contributed by atoms with van der Waals surface area (Å²) in [7, 11) is -3.34. The third kappa shape index (κ3) is 6.55. The van der Waals surface area contributed by atoms with E-state index in [0.29, 0.717) is 23.4 Å². The molecular formula is C18H21ClN2O3S2. The molecule has 1 amide bonds. The molecule has 0 spiro atoms. The molecular weight excluding hydrogens is 392 g/mol. The number of nitrogens with one attached hydrogen (secondary N) is 2. The maximum atomic E-state index is 12.2. The first-order chi connectivity index (χ1) is 12.3. The first-order valence-corrected chi connectivity index (χ1v) is 11.4. The summed E-state index contributed by atoms with van der Waals surface area (Å²) in [6, 6.07) is 12.6. The Morgan fingerprint density at radius 3 is 2.58 bits per heavy atom. The minimum absolute atomic E-state index is 0.183. The highest BCUT2D eigenvalue weighted by atomic mass is 35.5. The number of carbonyl (C=O) groups is 1. The Labute approximate surface area is 163 Å². The van der Waals surface area contributed by atoms with Gasteiger partial charge in [-0.1, -0.05) is 29.8 Å². The number of benzene rings is 2. The number of aryl methyl sites for hydroxylation is 1. The van der Waals surface area contributed by atoms with Crippen LogP contribution in [0.5, 0.6) is 0 Å². The van der Waals surface area contributed by atoms with Gasteiger partial charge in [0.15, 0.2) is 0 Å². The number of carbonyl (C=O) groups excluding carboxylic acids is 1. The van der Waals surface area contributed by atoms with Gasteiger partial charge < -0.3 is 5.32 Å². The van der Waals surface area contributed by atoms with Gasteiger partial charge >= 0.3 is 0 Å². The van der Waals surface area contributed by atoms with Crippen molar-refractivity contribution in [2.45, 2.75) is 12.7 Å². The minimum Gasteiger partial charge on any atom is -0.351 e. The monoisotopic (exact) mass is 412 g/mol. The lowest BCUT2D eigenvalue weighted by molar-refractivity contribution is 0.0956. The Kier molecular flexibility index (Phi) is 7.37. The van der Waals surface area contributed by atoms with Gasteiger partial charge in [-0.05, 0) is 42.3 Å². The van der Waals surface area contributed by atoms with E-state index < -0.39 is 10.0 Å². The predicted octanol–water partition coefficient (Wildman–Crippen LogP) is 3.68. The summed E-state index contributed by atoms with van der Waals surface area (Å²) in [4.78, 5) is 12.2. The zero-order chi connectivity index (χ0) is 19.2. The summed E-state index contributed by atoms with van der Waals surface area (Å²) in [5.41, 5.74) is 2.74. The summed E-state index contributed by atoms with van der Waals surface area (Å²) < 4.78 is 25.0. The van der Waals surface area contributed by atoms with Crippen LogP contribution in [-0.2, 0) is 15.8 Å². The SMILES string of the molecule is Cc1cc(C(=O)NCCSCc2ccccc2Cl)ccc1NS(C)(=O)=O. The average molecular weight is 413 g/mol. The third-order valence-corrected chi connectivity index (χ3v) is 5.50. The van der Waals surface area contributed by atoms with Crippen molar-refractivity contribution >= 4 is 45.0 Å². The molecule has 2 N–H and O–H groups in total. The highest BCUT2D eigenvalue weighted by molar-refractivity contribution is 7.98. The molecule has 2 rings (SSSR count). The molecule has 0 unspecified atom stereocenters. The zero-order valence-electron chi connectivity index (χ0n) is 14.6. The molecule has 2 aromatic rings. The molecule has 5 nitrogen and oxygen atoms in total. The molecule has 0 aliphatic carbocycles. The van der Waals surface area contributed by atoms with E-state index in [2.05, 4.69) is 10.0 Å².